The zero-order valence-corrected chi connectivity index (χ0v) is 21.7. The van der Waals surface area contributed by atoms with Gasteiger partial charge in [-0.05, 0) is 52.6 Å². The summed E-state index contributed by atoms with van der Waals surface area (Å²) in [5.41, 5.74) is 4.56. The van der Waals surface area contributed by atoms with Crippen LogP contribution >= 0.6 is 0 Å². The summed E-state index contributed by atoms with van der Waals surface area (Å²) >= 11 is 0. The van der Waals surface area contributed by atoms with Crippen LogP contribution < -0.4 is 0 Å². The van der Waals surface area contributed by atoms with Gasteiger partial charge in [0.1, 0.15) is 0 Å². The molecular formula is C31H34N2O4. The highest BCUT2D eigenvalue weighted by molar-refractivity contribution is 5.97. The molecule has 1 amide bonds. The van der Waals surface area contributed by atoms with Crippen molar-refractivity contribution in [1.29, 1.82) is 0 Å². The normalized spacial score (nSPS) is 13.3. The number of nitrogens with zero attached hydrogens (tertiary/aromatic N) is 2. The highest BCUT2D eigenvalue weighted by Gasteiger charge is 2.34. The number of carboxylic acids is 1. The number of pyridine rings is 1. The van der Waals surface area contributed by atoms with Gasteiger partial charge in [0.2, 0.25) is 5.91 Å². The molecule has 0 spiro atoms. The lowest BCUT2D eigenvalue weighted by Crippen LogP contribution is -2.31. The Morgan fingerprint density at radius 3 is 2.32 bits per heavy atom. The van der Waals surface area contributed by atoms with E-state index in [-0.39, 0.29) is 29.4 Å². The summed E-state index contributed by atoms with van der Waals surface area (Å²) in [6, 6.07) is 17.3. The van der Waals surface area contributed by atoms with Crippen LogP contribution in [0.1, 0.15) is 67.1 Å². The Morgan fingerprint density at radius 2 is 1.68 bits per heavy atom. The molecular weight excluding hydrogens is 464 g/mol. The predicted octanol–water partition coefficient (Wildman–Crippen LogP) is 5.93. The number of rotatable bonds is 10. The Bertz CT molecular complexity index is 1290. The van der Waals surface area contributed by atoms with Gasteiger partial charge in [-0.15, -0.1) is 0 Å². The molecule has 4 rings (SSSR count). The van der Waals surface area contributed by atoms with Crippen LogP contribution in [0.4, 0.5) is 0 Å². The summed E-state index contributed by atoms with van der Waals surface area (Å²) in [6.45, 7) is 6.94. The highest BCUT2D eigenvalue weighted by atomic mass is 16.4. The summed E-state index contributed by atoms with van der Waals surface area (Å²) in [4.78, 5) is 43.8. The molecule has 0 bridgehead atoms. The molecule has 6 nitrogen and oxygen atoms in total. The molecule has 1 N–H and O–H groups in total. The fourth-order valence-electron chi connectivity index (χ4n) is 4.48. The number of ketones is 1. The molecule has 2 aromatic carbocycles. The Labute approximate surface area is 218 Å². The lowest BCUT2D eigenvalue weighted by Gasteiger charge is -2.25. The van der Waals surface area contributed by atoms with Crippen molar-refractivity contribution >= 4 is 17.7 Å². The number of hydrogen-bond acceptors (Lipinski definition) is 4. The van der Waals surface area contributed by atoms with E-state index in [1.165, 1.54) is 0 Å². The van der Waals surface area contributed by atoms with Crippen molar-refractivity contribution in [2.24, 2.45) is 11.3 Å². The quantitative estimate of drug-likeness (QED) is 0.350. The predicted molar refractivity (Wildman–Crippen MR) is 143 cm³/mol. The Hall–Kier alpha value is -3.80. The summed E-state index contributed by atoms with van der Waals surface area (Å²) < 4.78 is 0. The Kier molecular flexibility index (Phi) is 7.86. The van der Waals surface area contributed by atoms with E-state index in [4.69, 9.17) is 0 Å². The first kappa shape index (κ1) is 26.3. The number of carbonyl (C=O) groups is 3. The number of aliphatic carboxylic acids is 1. The van der Waals surface area contributed by atoms with Crippen LogP contribution in [0, 0.1) is 11.3 Å². The molecule has 1 aliphatic carbocycles. The van der Waals surface area contributed by atoms with E-state index in [9.17, 15) is 19.5 Å². The van der Waals surface area contributed by atoms with Gasteiger partial charge in [-0.1, -0.05) is 63.2 Å². The van der Waals surface area contributed by atoms with Gasteiger partial charge < -0.3 is 10.0 Å². The van der Waals surface area contributed by atoms with Crippen molar-refractivity contribution in [3.8, 4) is 11.1 Å². The van der Waals surface area contributed by atoms with Crippen LogP contribution in [0.2, 0.25) is 0 Å². The smallest absolute Gasteiger partial charge is 0.307 e. The first-order valence-electron chi connectivity index (χ1n) is 12.7. The van der Waals surface area contributed by atoms with E-state index in [2.05, 4.69) is 4.98 Å². The van der Waals surface area contributed by atoms with E-state index in [0.29, 0.717) is 30.6 Å². The molecule has 192 valence electrons. The fraction of sp³-hybridized carbons (Fsp3) is 0.355. The zero-order chi connectivity index (χ0) is 26.6. The number of benzene rings is 2. The standard InChI is InChI=1S/C31H34N2O4/c1-31(2,3)16-28(34)24-11-12-27(25-13-22(14-29(35)36)17-32-18-25)26(15-24)20-33(30(37)23-9-10-23)19-21-7-5-4-6-8-21/h4-8,11-13,15,17-18,23H,9-10,14,16,19-20H2,1-3H3,(H,35,36). The number of amides is 1. The third-order valence-corrected chi connectivity index (χ3v) is 6.40. The maximum Gasteiger partial charge on any atom is 0.307 e. The van der Waals surface area contributed by atoms with Crippen LogP contribution in [0.3, 0.4) is 0 Å². The van der Waals surface area contributed by atoms with Crippen LogP contribution in [0.15, 0.2) is 67.0 Å². The SMILES string of the molecule is CC(C)(C)CC(=O)c1ccc(-c2cncc(CC(=O)O)c2)c(CN(Cc2ccccc2)C(=O)C2CC2)c1. The minimum absolute atomic E-state index is 0.0541. The van der Waals surface area contributed by atoms with Crippen molar-refractivity contribution in [2.45, 2.75) is 59.5 Å². The average molecular weight is 499 g/mol. The van der Waals surface area contributed by atoms with Crippen molar-refractivity contribution in [3.05, 3.63) is 89.2 Å². The maximum atomic E-state index is 13.3. The lowest BCUT2D eigenvalue weighted by atomic mass is 9.86. The van der Waals surface area contributed by atoms with Gasteiger partial charge in [0.15, 0.2) is 5.78 Å². The molecule has 1 aliphatic rings. The van der Waals surface area contributed by atoms with E-state index in [0.717, 1.165) is 35.1 Å². The summed E-state index contributed by atoms with van der Waals surface area (Å²) in [5, 5.41) is 9.24. The molecule has 1 heterocycles. The minimum atomic E-state index is -0.925. The number of hydrogen-bond donors (Lipinski definition) is 1. The third-order valence-electron chi connectivity index (χ3n) is 6.40. The molecule has 37 heavy (non-hydrogen) atoms. The molecule has 0 saturated heterocycles. The molecule has 1 aromatic heterocycles. The molecule has 1 saturated carbocycles. The largest absolute Gasteiger partial charge is 0.481 e. The van der Waals surface area contributed by atoms with E-state index in [1.807, 2.05) is 80.3 Å². The van der Waals surface area contributed by atoms with Crippen molar-refractivity contribution in [3.63, 3.8) is 0 Å². The second-order valence-electron chi connectivity index (χ2n) is 11.1. The molecule has 0 aliphatic heterocycles. The minimum Gasteiger partial charge on any atom is -0.481 e. The van der Waals surface area contributed by atoms with Crippen LogP contribution in [-0.4, -0.2) is 32.7 Å². The van der Waals surface area contributed by atoms with Gasteiger partial charge in [0, 0.05) is 48.9 Å². The van der Waals surface area contributed by atoms with Gasteiger partial charge in [0.05, 0.1) is 6.42 Å². The highest BCUT2D eigenvalue weighted by Crippen LogP contribution is 2.34. The Morgan fingerprint density at radius 1 is 0.946 bits per heavy atom. The van der Waals surface area contributed by atoms with Gasteiger partial charge in [0.25, 0.3) is 0 Å². The molecule has 0 radical (unpaired) electrons. The lowest BCUT2D eigenvalue weighted by molar-refractivity contribution is -0.136. The molecule has 0 unspecified atom stereocenters. The summed E-state index contributed by atoms with van der Waals surface area (Å²) in [5.74, 6) is -0.690. The van der Waals surface area contributed by atoms with Gasteiger partial charge in [-0.2, -0.15) is 0 Å². The number of carbonyl (C=O) groups excluding carboxylic acids is 2. The Balaban J connectivity index is 1.74. The van der Waals surface area contributed by atoms with Gasteiger partial charge in [-0.3, -0.25) is 19.4 Å². The van der Waals surface area contributed by atoms with E-state index in [1.54, 1.807) is 12.4 Å². The van der Waals surface area contributed by atoms with E-state index >= 15 is 0 Å². The van der Waals surface area contributed by atoms with Crippen molar-refractivity contribution < 1.29 is 19.5 Å². The monoisotopic (exact) mass is 498 g/mol. The summed E-state index contributed by atoms with van der Waals surface area (Å²) in [7, 11) is 0. The van der Waals surface area contributed by atoms with Crippen LogP contribution in [0.5, 0.6) is 0 Å². The number of aromatic nitrogens is 1. The average Bonchev–Trinajstić information content (AvgIpc) is 3.68. The molecule has 0 atom stereocenters. The summed E-state index contributed by atoms with van der Waals surface area (Å²) in [6.07, 6.45) is 5.35. The van der Waals surface area contributed by atoms with Gasteiger partial charge >= 0.3 is 5.97 Å². The van der Waals surface area contributed by atoms with E-state index < -0.39 is 5.97 Å². The second kappa shape index (κ2) is 11.1. The van der Waals surface area contributed by atoms with Crippen molar-refractivity contribution in [1.82, 2.24) is 9.88 Å². The maximum absolute atomic E-state index is 13.3. The van der Waals surface area contributed by atoms with Gasteiger partial charge in [-0.25, -0.2) is 0 Å². The first-order valence-corrected chi connectivity index (χ1v) is 12.7. The number of carboxylic acid groups (broad SMARTS) is 1. The second-order valence-corrected chi connectivity index (χ2v) is 11.1. The topological polar surface area (TPSA) is 87.6 Å². The van der Waals surface area contributed by atoms with Crippen molar-refractivity contribution in [2.75, 3.05) is 0 Å². The molecule has 3 aromatic rings. The molecule has 6 heteroatoms. The van der Waals surface area contributed by atoms with Crippen LogP contribution in [0.25, 0.3) is 11.1 Å². The third kappa shape index (κ3) is 7.35. The zero-order valence-electron chi connectivity index (χ0n) is 21.7. The number of Topliss-reactive ketones (excluding diaryl/α,β-unsaturated/α-hetero) is 1. The molecule has 1 fully saturated rings. The first-order chi connectivity index (χ1) is 17.6. The van der Waals surface area contributed by atoms with Crippen LogP contribution in [-0.2, 0) is 29.1 Å². The fourth-order valence-corrected chi connectivity index (χ4v) is 4.48.